The van der Waals surface area contributed by atoms with Gasteiger partial charge in [-0.15, -0.1) is 0 Å². The normalized spacial score (nSPS) is 18.4. The zero-order chi connectivity index (χ0) is 10.3. The lowest BCUT2D eigenvalue weighted by Crippen LogP contribution is -2.34. The average Bonchev–Trinajstić information content (AvgIpc) is 2.30. The van der Waals surface area contributed by atoms with E-state index in [9.17, 15) is 4.79 Å². The molecule has 3 heterocycles. The van der Waals surface area contributed by atoms with Gasteiger partial charge in [-0.3, -0.25) is 9.36 Å². The molecule has 5 nitrogen and oxygen atoms in total. The standard InChI is InChI=1S/C10H14N4O/c15-9-7-3-1-4-11-8(7)13-10-12-5-2-6-14(9)10/h11H,1-6H2,(H,12,13). The quantitative estimate of drug-likeness (QED) is 0.645. The summed E-state index contributed by atoms with van der Waals surface area (Å²) in [5, 5.41) is 6.35. The fourth-order valence-corrected chi connectivity index (χ4v) is 2.22. The van der Waals surface area contributed by atoms with Gasteiger partial charge in [0, 0.05) is 19.6 Å². The van der Waals surface area contributed by atoms with Crippen molar-refractivity contribution in [1.29, 1.82) is 0 Å². The number of nitrogens with zero attached hydrogens (tertiary/aromatic N) is 2. The van der Waals surface area contributed by atoms with Crippen LogP contribution in [0.5, 0.6) is 0 Å². The molecular formula is C10H14N4O. The summed E-state index contributed by atoms with van der Waals surface area (Å²) >= 11 is 0. The summed E-state index contributed by atoms with van der Waals surface area (Å²) in [4.78, 5) is 16.6. The van der Waals surface area contributed by atoms with E-state index in [0.717, 1.165) is 56.2 Å². The molecule has 2 N–H and O–H groups in total. The molecule has 0 saturated carbocycles. The summed E-state index contributed by atoms with van der Waals surface area (Å²) in [7, 11) is 0. The van der Waals surface area contributed by atoms with Crippen molar-refractivity contribution in [3.05, 3.63) is 15.9 Å². The lowest BCUT2D eigenvalue weighted by atomic mass is 10.1. The molecule has 5 heteroatoms. The number of rotatable bonds is 0. The predicted molar refractivity (Wildman–Crippen MR) is 58.4 cm³/mol. The van der Waals surface area contributed by atoms with Crippen molar-refractivity contribution in [2.24, 2.45) is 0 Å². The first-order chi connectivity index (χ1) is 7.36. The molecule has 0 saturated heterocycles. The van der Waals surface area contributed by atoms with Gasteiger partial charge in [-0.1, -0.05) is 0 Å². The fourth-order valence-electron chi connectivity index (χ4n) is 2.22. The predicted octanol–water partition coefficient (Wildman–Crippen LogP) is 0.417. The van der Waals surface area contributed by atoms with Crippen molar-refractivity contribution in [2.45, 2.75) is 25.8 Å². The van der Waals surface area contributed by atoms with E-state index in [0.29, 0.717) is 0 Å². The minimum Gasteiger partial charge on any atom is -0.370 e. The molecule has 0 fully saturated rings. The maximum Gasteiger partial charge on any atom is 0.260 e. The maximum atomic E-state index is 12.1. The van der Waals surface area contributed by atoms with Gasteiger partial charge in [-0.25, -0.2) is 0 Å². The van der Waals surface area contributed by atoms with E-state index in [1.807, 2.05) is 0 Å². The first-order valence-corrected chi connectivity index (χ1v) is 5.48. The molecule has 15 heavy (non-hydrogen) atoms. The maximum absolute atomic E-state index is 12.1. The molecule has 1 aromatic rings. The van der Waals surface area contributed by atoms with E-state index in [1.165, 1.54) is 0 Å². The van der Waals surface area contributed by atoms with Gasteiger partial charge in [-0.2, -0.15) is 4.98 Å². The van der Waals surface area contributed by atoms with Crippen molar-refractivity contribution < 1.29 is 0 Å². The molecule has 0 radical (unpaired) electrons. The first kappa shape index (κ1) is 8.76. The Balaban J connectivity index is 2.20. The van der Waals surface area contributed by atoms with E-state index >= 15 is 0 Å². The average molecular weight is 206 g/mol. The third-order valence-electron chi connectivity index (χ3n) is 3.00. The van der Waals surface area contributed by atoms with E-state index in [2.05, 4.69) is 15.6 Å². The van der Waals surface area contributed by atoms with Gasteiger partial charge < -0.3 is 10.6 Å². The van der Waals surface area contributed by atoms with E-state index in [-0.39, 0.29) is 5.56 Å². The zero-order valence-corrected chi connectivity index (χ0v) is 8.55. The number of hydrogen-bond acceptors (Lipinski definition) is 4. The second-order valence-electron chi connectivity index (χ2n) is 4.03. The molecule has 2 aliphatic rings. The Hall–Kier alpha value is -1.52. The second kappa shape index (κ2) is 3.25. The van der Waals surface area contributed by atoms with E-state index < -0.39 is 0 Å². The topological polar surface area (TPSA) is 59.0 Å². The SMILES string of the molecule is O=c1c2c(nc3n1CCCN3)NCCC2. The number of aromatic nitrogens is 2. The minimum absolute atomic E-state index is 0.134. The summed E-state index contributed by atoms with van der Waals surface area (Å²) in [6.45, 7) is 2.62. The van der Waals surface area contributed by atoms with Crippen LogP contribution in [-0.2, 0) is 13.0 Å². The molecule has 3 rings (SSSR count). The van der Waals surface area contributed by atoms with E-state index in [4.69, 9.17) is 0 Å². The Kier molecular flexibility index (Phi) is 1.90. The fraction of sp³-hybridized carbons (Fsp3) is 0.600. The molecule has 0 atom stereocenters. The largest absolute Gasteiger partial charge is 0.370 e. The minimum atomic E-state index is 0.134. The first-order valence-electron chi connectivity index (χ1n) is 5.48. The van der Waals surface area contributed by atoms with Crippen LogP contribution >= 0.6 is 0 Å². The molecule has 0 aromatic carbocycles. The number of nitrogens with one attached hydrogen (secondary N) is 2. The number of hydrogen-bond donors (Lipinski definition) is 2. The highest BCUT2D eigenvalue weighted by molar-refractivity contribution is 5.49. The van der Waals surface area contributed by atoms with Crippen molar-refractivity contribution >= 4 is 11.8 Å². The molecule has 0 spiro atoms. The Morgan fingerprint density at radius 3 is 3.00 bits per heavy atom. The van der Waals surface area contributed by atoms with Crippen LogP contribution in [0.15, 0.2) is 4.79 Å². The van der Waals surface area contributed by atoms with Gasteiger partial charge in [-0.05, 0) is 19.3 Å². The molecule has 0 unspecified atom stereocenters. The third-order valence-corrected chi connectivity index (χ3v) is 3.00. The smallest absolute Gasteiger partial charge is 0.260 e. The van der Waals surface area contributed by atoms with Crippen LogP contribution in [0.3, 0.4) is 0 Å². The van der Waals surface area contributed by atoms with Crippen LogP contribution in [0.25, 0.3) is 0 Å². The third kappa shape index (κ3) is 1.30. The molecular weight excluding hydrogens is 192 g/mol. The summed E-state index contributed by atoms with van der Waals surface area (Å²) in [5.41, 5.74) is 0.989. The van der Waals surface area contributed by atoms with E-state index in [1.54, 1.807) is 4.57 Å². The molecule has 80 valence electrons. The highest BCUT2D eigenvalue weighted by atomic mass is 16.1. The van der Waals surface area contributed by atoms with Crippen LogP contribution in [0.1, 0.15) is 18.4 Å². The van der Waals surface area contributed by atoms with Crippen LogP contribution in [0.2, 0.25) is 0 Å². The monoisotopic (exact) mass is 206 g/mol. The van der Waals surface area contributed by atoms with Crippen LogP contribution < -0.4 is 16.2 Å². The Labute approximate surface area is 87.5 Å². The van der Waals surface area contributed by atoms with Gasteiger partial charge in [0.15, 0.2) is 0 Å². The summed E-state index contributed by atoms with van der Waals surface area (Å²) < 4.78 is 1.76. The van der Waals surface area contributed by atoms with Gasteiger partial charge >= 0.3 is 0 Å². The van der Waals surface area contributed by atoms with Gasteiger partial charge in [0.05, 0.1) is 5.56 Å². The highest BCUT2D eigenvalue weighted by Gasteiger charge is 2.20. The molecule has 0 aliphatic carbocycles. The number of anilines is 2. The summed E-state index contributed by atoms with van der Waals surface area (Å²) in [5.74, 6) is 1.51. The molecule has 0 amide bonds. The van der Waals surface area contributed by atoms with Crippen LogP contribution in [0, 0.1) is 0 Å². The van der Waals surface area contributed by atoms with Crippen molar-refractivity contribution in [2.75, 3.05) is 23.7 Å². The lowest BCUT2D eigenvalue weighted by molar-refractivity contribution is 0.586. The van der Waals surface area contributed by atoms with Crippen LogP contribution in [0.4, 0.5) is 11.8 Å². The van der Waals surface area contributed by atoms with Crippen molar-refractivity contribution in [3.8, 4) is 0 Å². The summed E-state index contributed by atoms with van der Waals surface area (Å²) in [6, 6.07) is 0. The van der Waals surface area contributed by atoms with Gasteiger partial charge in [0.1, 0.15) is 5.82 Å². The highest BCUT2D eigenvalue weighted by Crippen LogP contribution is 2.19. The molecule has 0 bridgehead atoms. The van der Waals surface area contributed by atoms with Crippen molar-refractivity contribution in [1.82, 2.24) is 9.55 Å². The Morgan fingerprint density at radius 2 is 2.07 bits per heavy atom. The Morgan fingerprint density at radius 1 is 1.20 bits per heavy atom. The molecule has 2 aliphatic heterocycles. The van der Waals surface area contributed by atoms with Gasteiger partial charge in [0.2, 0.25) is 5.95 Å². The Bertz CT molecular complexity index is 414. The van der Waals surface area contributed by atoms with Gasteiger partial charge in [0.25, 0.3) is 5.56 Å². The van der Waals surface area contributed by atoms with Crippen LogP contribution in [-0.4, -0.2) is 22.6 Å². The lowest BCUT2D eigenvalue weighted by Gasteiger charge is -2.23. The second-order valence-corrected chi connectivity index (χ2v) is 4.03. The summed E-state index contributed by atoms with van der Waals surface area (Å²) in [6.07, 6.45) is 2.88. The van der Waals surface area contributed by atoms with Crippen molar-refractivity contribution in [3.63, 3.8) is 0 Å². The molecule has 1 aromatic heterocycles. The zero-order valence-electron chi connectivity index (χ0n) is 8.55. The number of fused-ring (bicyclic) bond motifs is 2.